The maximum atomic E-state index is 12.5. The molecule has 1 atom stereocenters. The Morgan fingerprint density at radius 1 is 1.00 bits per heavy atom. The first-order valence-corrected chi connectivity index (χ1v) is 10.3. The number of nitrogens with zero attached hydrogens (tertiary/aromatic N) is 2. The minimum absolute atomic E-state index is 0.304. The quantitative estimate of drug-likeness (QED) is 0.443. The van der Waals surface area contributed by atoms with Crippen molar-refractivity contribution < 1.29 is 24.4 Å². The number of imide groups is 1. The minimum atomic E-state index is -1.60. The van der Waals surface area contributed by atoms with Crippen LogP contribution in [0.5, 0.6) is 11.5 Å². The highest BCUT2D eigenvalue weighted by molar-refractivity contribution is 6.58. The van der Waals surface area contributed by atoms with Crippen LogP contribution in [-0.4, -0.2) is 35.3 Å². The molecular weight excluding hydrogens is 435 g/mol. The SMILES string of the molecule is N#Cc1ccc2c(c1)N(c1ccc(Oc3cccc(B(O)O)c3)cc1)C1NC(=O)NC(=O)C1=C2. The molecule has 5 rings (SSSR count). The number of nitriles is 1. The van der Waals surface area contributed by atoms with Crippen LogP contribution in [0.1, 0.15) is 11.1 Å². The van der Waals surface area contributed by atoms with Crippen LogP contribution < -0.4 is 25.7 Å². The predicted octanol–water partition coefficient (Wildman–Crippen LogP) is 1.73. The van der Waals surface area contributed by atoms with E-state index in [-0.39, 0.29) is 0 Å². The molecule has 9 nitrogen and oxygen atoms in total. The summed E-state index contributed by atoms with van der Waals surface area (Å²) in [5, 5.41) is 33.1. The van der Waals surface area contributed by atoms with E-state index in [0.717, 1.165) is 5.56 Å². The van der Waals surface area contributed by atoms with Crippen molar-refractivity contribution in [2.24, 2.45) is 0 Å². The van der Waals surface area contributed by atoms with Crippen LogP contribution in [-0.2, 0) is 4.79 Å². The lowest BCUT2D eigenvalue weighted by Crippen LogP contribution is -2.60. The summed E-state index contributed by atoms with van der Waals surface area (Å²) in [5.41, 5.74) is 3.18. The average molecular weight is 452 g/mol. The smallest absolute Gasteiger partial charge is 0.457 e. The summed E-state index contributed by atoms with van der Waals surface area (Å²) in [4.78, 5) is 26.4. The van der Waals surface area contributed by atoms with Crippen LogP contribution >= 0.6 is 0 Å². The lowest BCUT2D eigenvalue weighted by molar-refractivity contribution is -0.117. The maximum Gasteiger partial charge on any atom is 0.488 e. The lowest BCUT2D eigenvalue weighted by Gasteiger charge is -2.41. The zero-order valence-corrected chi connectivity index (χ0v) is 17.6. The monoisotopic (exact) mass is 452 g/mol. The highest BCUT2D eigenvalue weighted by Crippen LogP contribution is 2.39. The van der Waals surface area contributed by atoms with Gasteiger partial charge in [0.25, 0.3) is 5.91 Å². The van der Waals surface area contributed by atoms with E-state index in [9.17, 15) is 24.9 Å². The molecule has 0 saturated carbocycles. The number of urea groups is 1. The molecule has 1 fully saturated rings. The lowest BCUT2D eigenvalue weighted by atomic mass is 9.80. The number of rotatable bonds is 4. The minimum Gasteiger partial charge on any atom is -0.457 e. The van der Waals surface area contributed by atoms with Gasteiger partial charge in [0.2, 0.25) is 0 Å². The molecule has 0 spiro atoms. The second kappa shape index (κ2) is 8.40. The largest absolute Gasteiger partial charge is 0.488 e. The highest BCUT2D eigenvalue weighted by Gasteiger charge is 2.38. The van der Waals surface area contributed by atoms with Gasteiger partial charge in [0.05, 0.1) is 22.9 Å². The van der Waals surface area contributed by atoms with E-state index >= 15 is 0 Å². The van der Waals surface area contributed by atoms with Crippen molar-refractivity contribution in [3.63, 3.8) is 0 Å². The van der Waals surface area contributed by atoms with E-state index in [1.807, 2.05) is 0 Å². The van der Waals surface area contributed by atoms with Gasteiger partial charge in [-0.05, 0) is 65.6 Å². The van der Waals surface area contributed by atoms with Gasteiger partial charge in [-0.25, -0.2) is 4.79 Å². The van der Waals surface area contributed by atoms with E-state index in [2.05, 4.69) is 16.7 Å². The number of carbonyl (C=O) groups is 2. The van der Waals surface area contributed by atoms with Gasteiger partial charge in [-0.3, -0.25) is 10.1 Å². The second-order valence-corrected chi connectivity index (χ2v) is 7.73. The summed E-state index contributed by atoms with van der Waals surface area (Å²) in [6, 6.07) is 20.1. The van der Waals surface area contributed by atoms with Crippen molar-refractivity contribution in [2.75, 3.05) is 4.90 Å². The molecule has 2 heterocycles. The molecule has 10 heteroatoms. The fourth-order valence-corrected chi connectivity index (χ4v) is 3.97. The molecule has 0 bridgehead atoms. The van der Waals surface area contributed by atoms with Crippen molar-refractivity contribution in [3.8, 4) is 17.6 Å². The topological polar surface area (TPSA) is 135 Å². The average Bonchev–Trinajstić information content (AvgIpc) is 2.83. The van der Waals surface area contributed by atoms with Crippen molar-refractivity contribution in [2.45, 2.75) is 6.17 Å². The van der Waals surface area contributed by atoms with Gasteiger partial charge in [0, 0.05) is 5.69 Å². The summed E-state index contributed by atoms with van der Waals surface area (Å²) in [7, 11) is -1.60. The van der Waals surface area contributed by atoms with Crippen molar-refractivity contribution >= 4 is 42.0 Å². The van der Waals surface area contributed by atoms with Crippen LogP contribution in [0.2, 0.25) is 0 Å². The van der Waals surface area contributed by atoms with Gasteiger partial charge in [0.1, 0.15) is 17.7 Å². The summed E-state index contributed by atoms with van der Waals surface area (Å²) in [6.45, 7) is 0. The predicted molar refractivity (Wildman–Crippen MR) is 125 cm³/mol. The molecule has 2 aliphatic rings. The van der Waals surface area contributed by atoms with Crippen molar-refractivity contribution in [1.82, 2.24) is 10.6 Å². The third-order valence-electron chi connectivity index (χ3n) is 5.55. The molecule has 1 saturated heterocycles. The van der Waals surface area contributed by atoms with Gasteiger partial charge >= 0.3 is 13.1 Å². The van der Waals surface area contributed by atoms with E-state index in [1.165, 1.54) is 6.07 Å². The molecule has 0 aliphatic carbocycles. The van der Waals surface area contributed by atoms with E-state index in [1.54, 1.807) is 71.6 Å². The number of amides is 3. The fraction of sp³-hybridized carbons (Fsp3) is 0.0417. The maximum absolute atomic E-state index is 12.5. The van der Waals surface area contributed by atoms with Gasteiger partial charge in [-0.1, -0.05) is 18.2 Å². The Kier molecular flexibility index (Phi) is 5.26. The second-order valence-electron chi connectivity index (χ2n) is 7.73. The van der Waals surface area contributed by atoms with Crippen LogP contribution in [0.3, 0.4) is 0 Å². The number of nitrogens with one attached hydrogen (secondary N) is 2. The van der Waals surface area contributed by atoms with Gasteiger partial charge in [-0.2, -0.15) is 5.26 Å². The van der Waals surface area contributed by atoms with Crippen LogP contribution in [0, 0.1) is 11.3 Å². The first kappa shape index (κ1) is 21.3. The molecule has 2 aliphatic heterocycles. The summed E-state index contributed by atoms with van der Waals surface area (Å²) >= 11 is 0. The normalized spacial score (nSPS) is 16.3. The Labute approximate surface area is 194 Å². The fourth-order valence-electron chi connectivity index (χ4n) is 3.97. The van der Waals surface area contributed by atoms with E-state index in [0.29, 0.717) is 39.5 Å². The summed E-state index contributed by atoms with van der Waals surface area (Å²) < 4.78 is 5.83. The van der Waals surface area contributed by atoms with Crippen LogP contribution in [0.4, 0.5) is 16.2 Å². The Bertz CT molecular complexity index is 1380. The number of hydrogen-bond acceptors (Lipinski definition) is 7. The Hall–Kier alpha value is -4.59. The first-order chi connectivity index (χ1) is 16.4. The number of fused-ring (bicyclic) bond motifs is 2. The van der Waals surface area contributed by atoms with Crippen LogP contribution in [0.15, 0.2) is 72.3 Å². The number of benzene rings is 3. The summed E-state index contributed by atoms with van der Waals surface area (Å²) in [6.07, 6.45) is 0.948. The molecule has 3 aromatic rings. The zero-order chi connectivity index (χ0) is 23.8. The van der Waals surface area contributed by atoms with Crippen molar-refractivity contribution in [1.29, 1.82) is 5.26 Å². The molecule has 4 N–H and O–H groups in total. The molecule has 34 heavy (non-hydrogen) atoms. The number of ether oxygens (including phenoxy) is 1. The molecule has 3 aromatic carbocycles. The molecule has 0 aromatic heterocycles. The van der Waals surface area contributed by atoms with Crippen molar-refractivity contribution in [3.05, 3.63) is 83.4 Å². The van der Waals surface area contributed by atoms with Gasteiger partial charge in [-0.15, -0.1) is 0 Å². The Balaban J connectivity index is 1.51. The number of carbonyl (C=O) groups excluding carboxylic acids is 2. The zero-order valence-electron chi connectivity index (χ0n) is 17.6. The molecule has 1 unspecified atom stereocenters. The number of anilines is 2. The van der Waals surface area contributed by atoms with E-state index < -0.39 is 25.2 Å². The van der Waals surface area contributed by atoms with Crippen LogP contribution in [0.25, 0.3) is 6.08 Å². The highest BCUT2D eigenvalue weighted by atomic mass is 16.5. The molecule has 3 amide bonds. The first-order valence-electron chi connectivity index (χ1n) is 10.3. The Morgan fingerprint density at radius 2 is 1.79 bits per heavy atom. The number of hydrogen-bond donors (Lipinski definition) is 4. The molecule has 0 radical (unpaired) electrons. The third kappa shape index (κ3) is 3.86. The standard InChI is InChI=1S/C24H17BN4O5/c26-13-14-4-5-15-11-20-22(27-24(31)28-23(20)30)29(21(15)10-14)17-6-8-18(9-7-17)34-19-3-1-2-16(12-19)25(32)33/h1-12,22,32-33H,(H2,27,28,30,31). The molecular formula is C24H17BN4O5. The third-order valence-corrected chi connectivity index (χ3v) is 5.55. The molecule has 166 valence electrons. The van der Waals surface area contributed by atoms with Gasteiger partial charge < -0.3 is 25.0 Å². The van der Waals surface area contributed by atoms with Gasteiger partial charge in [0.15, 0.2) is 0 Å². The summed E-state index contributed by atoms with van der Waals surface area (Å²) in [5.74, 6) is 0.443. The Morgan fingerprint density at radius 3 is 2.53 bits per heavy atom. The van der Waals surface area contributed by atoms with E-state index in [4.69, 9.17) is 4.74 Å².